The first-order chi connectivity index (χ1) is 15.3. The molecule has 3 aromatic rings. The number of likely N-dealkylation sites (tertiary alicyclic amines) is 1. The summed E-state index contributed by atoms with van der Waals surface area (Å²) in [6.45, 7) is 0.468. The van der Waals surface area contributed by atoms with E-state index in [9.17, 15) is 22.4 Å². The number of anilines is 1. The molecule has 1 amide bonds. The van der Waals surface area contributed by atoms with Crippen molar-refractivity contribution in [3.05, 3.63) is 59.9 Å². The van der Waals surface area contributed by atoms with Crippen molar-refractivity contribution in [2.75, 3.05) is 11.9 Å². The van der Waals surface area contributed by atoms with Crippen LogP contribution in [0.1, 0.15) is 28.8 Å². The molecule has 8 nitrogen and oxygen atoms in total. The van der Waals surface area contributed by atoms with Gasteiger partial charge in [-0.25, -0.2) is 14.4 Å². The lowest BCUT2D eigenvalue weighted by Gasteiger charge is -2.34. The maximum Gasteiger partial charge on any atom is 0.419 e. The van der Waals surface area contributed by atoms with E-state index >= 15 is 0 Å². The van der Waals surface area contributed by atoms with Crippen LogP contribution in [-0.4, -0.2) is 54.4 Å². The lowest BCUT2D eigenvalue weighted by atomic mass is 10.0. The molecule has 32 heavy (non-hydrogen) atoms. The lowest BCUT2D eigenvalue weighted by Crippen LogP contribution is -2.48. The molecular weight excluding hydrogens is 430 g/mol. The average Bonchev–Trinajstić information content (AvgIpc) is 3.50. The zero-order chi connectivity index (χ0) is 22.5. The smallest absolute Gasteiger partial charge is 0.349 e. The molecule has 1 saturated heterocycles. The van der Waals surface area contributed by atoms with Crippen molar-refractivity contribution in [1.29, 1.82) is 0 Å². The highest BCUT2D eigenvalue weighted by molar-refractivity contribution is 5.98. The number of amides is 1. The fraction of sp³-hybridized carbons (Fsp3) is 0.350. The van der Waals surface area contributed by atoms with Crippen LogP contribution in [0.4, 0.5) is 23.5 Å². The first-order valence-corrected chi connectivity index (χ1v) is 9.93. The molecule has 2 fully saturated rings. The second-order valence-corrected chi connectivity index (χ2v) is 7.86. The number of aromatic nitrogens is 5. The molecule has 12 heteroatoms. The van der Waals surface area contributed by atoms with Crippen LogP contribution >= 0.6 is 0 Å². The molecule has 0 spiro atoms. The lowest BCUT2D eigenvalue weighted by molar-refractivity contribution is -0.138. The maximum atomic E-state index is 14.7. The van der Waals surface area contributed by atoms with Gasteiger partial charge in [-0.3, -0.25) is 4.79 Å². The topological polar surface area (TPSA) is 88.8 Å². The maximum absolute atomic E-state index is 14.7. The Labute approximate surface area is 179 Å². The molecule has 1 aliphatic heterocycles. The van der Waals surface area contributed by atoms with Gasteiger partial charge in [0.1, 0.15) is 17.1 Å². The number of carbonyl (C=O) groups excluding carboxylic acids is 1. The Bertz CT molecular complexity index is 1130. The van der Waals surface area contributed by atoms with Crippen molar-refractivity contribution in [2.45, 2.75) is 31.1 Å². The van der Waals surface area contributed by atoms with Crippen LogP contribution in [0.25, 0.3) is 5.69 Å². The van der Waals surface area contributed by atoms with Gasteiger partial charge in [0.2, 0.25) is 5.95 Å². The van der Waals surface area contributed by atoms with E-state index in [1.54, 1.807) is 11.0 Å². The molecule has 1 saturated carbocycles. The molecule has 3 heterocycles. The summed E-state index contributed by atoms with van der Waals surface area (Å²) in [6.07, 6.45) is 1.19. The van der Waals surface area contributed by atoms with Crippen molar-refractivity contribution in [3.63, 3.8) is 0 Å². The number of nitrogens with zero attached hydrogens (tertiary/aromatic N) is 6. The quantitative estimate of drug-likeness (QED) is 0.619. The molecule has 3 atom stereocenters. The summed E-state index contributed by atoms with van der Waals surface area (Å²) in [6, 6.07) is 3.73. The monoisotopic (exact) mass is 447 g/mol. The number of carbonyl (C=O) groups is 1. The van der Waals surface area contributed by atoms with Gasteiger partial charge < -0.3 is 10.2 Å². The average molecular weight is 447 g/mol. The van der Waals surface area contributed by atoms with Crippen LogP contribution in [0.5, 0.6) is 0 Å². The zero-order valence-corrected chi connectivity index (χ0v) is 16.5. The summed E-state index contributed by atoms with van der Waals surface area (Å²) in [4.78, 5) is 23.7. The zero-order valence-electron chi connectivity index (χ0n) is 16.5. The van der Waals surface area contributed by atoms with Gasteiger partial charge in [-0.2, -0.15) is 28.2 Å². The minimum Gasteiger partial charge on any atom is -0.349 e. The van der Waals surface area contributed by atoms with Crippen LogP contribution in [0.15, 0.2) is 43.0 Å². The number of alkyl halides is 3. The summed E-state index contributed by atoms with van der Waals surface area (Å²) in [7, 11) is 0. The van der Waals surface area contributed by atoms with Gasteiger partial charge in [0.25, 0.3) is 5.91 Å². The molecule has 2 aromatic heterocycles. The van der Waals surface area contributed by atoms with Crippen molar-refractivity contribution >= 4 is 11.9 Å². The number of rotatable bonds is 4. The van der Waals surface area contributed by atoms with Crippen LogP contribution < -0.4 is 5.32 Å². The number of benzene rings is 1. The van der Waals surface area contributed by atoms with Gasteiger partial charge in [0.15, 0.2) is 0 Å². The summed E-state index contributed by atoms with van der Waals surface area (Å²) >= 11 is 0. The highest BCUT2D eigenvalue weighted by Gasteiger charge is 2.48. The third-order valence-corrected chi connectivity index (χ3v) is 5.88. The number of fused-ring (bicyclic) bond motifs is 2. The highest BCUT2D eigenvalue weighted by Crippen LogP contribution is 2.40. The third-order valence-electron chi connectivity index (χ3n) is 5.88. The molecule has 2 aliphatic rings. The molecule has 1 aromatic carbocycles. The minimum atomic E-state index is -4.52. The SMILES string of the molecule is O=C(c1c(F)cccc1-n1nccn1)N1C[C@H]2CC(Nc3ncc(C(F)(F)F)cn3)C1C2. The van der Waals surface area contributed by atoms with Gasteiger partial charge in [-0.15, -0.1) is 0 Å². The minimum absolute atomic E-state index is 0.0512. The fourth-order valence-corrected chi connectivity index (χ4v) is 4.50. The van der Waals surface area contributed by atoms with Crippen LogP contribution in [0.3, 0.4) is 0 Å². The van der Waals surface area contributed by atoms with Gasteiger partial charge >= 0.3 is 6.18 Å². The van der Waals surface area contributed by atoms with Gasteiger partial charge in [0, 0.05) is 25.0 Å². The highest BCUT2D eigenvalue weighted by atomic mass is 19.4. The molecular formula is C20H17F4N7O. The number of hydrogen-bond donors (Lipinski definition) is 1. The predicted octanol–water partition coefficient (Wildman–Crippen LogP) is 2.93. The van der Waals surface area contributed by atoms with Gasteiger partial charge in [0.05, 0.1) is 24.0 Å². The molecule has 0 radical (unpaired) electrons. The largest absolute Gasteiger partial charge is 0.419 e. The third kappa shape index (κ3) is 3.55. The molecule has 1 aliphatic carbocycles. The van der Waals surface area contributed by atoms with Crippen molar-refractivity contribution in [2.24, 2.45) is 5.92 Å². The van der Waals surface area contributed by atoms with E-state index in [4.69, 9.17) is 0 Å². The normalized spacial score (nSPS) is 22.4. The van der Waals surface area contributed by atoms with E-state index < -0.39 is 23.5 Å². The fourth-order valence-electron chi connectivity index (χ4n) is 4.50. The standard InChI is InChI=1S/C20H17F4N7O/c21-13-2-1-3-15(31-27-4-5-28-31)17(13)18(32)30-10-11-6-14(16(30)7-11)29-19-25-8-12(9-26-19)20(22,23)24/h1-5,8-9,11,14,16H,6-7,10H2,(H,25,26,29)/t11-,14?,16?/m0/s1. The Kier molecular flexibility index (Phi) is 4.79. The molecule has 2 bridgehead atoms. The Morgan fingerprint density at radius 1 is 1.09 bits per heavy atom. The molecule has 5 rings (SSSR count). The molecule has 1 N–H and O–H groups in total. The van der Waals surface area contributed by atoms with E-state index in [0.29, 0.717) is 31.8 Å². The van der Waals surface area contributed by atoms with Crippen LogP contribution in [0, 0.1) is 11.7 Å². The summed E-state index contributed by atoms with van der Waals surface area (Å²) < 4.78 is 52.9. The summed E-state index contributed by atoms with van der Waals surface area (Å²) in [5.41, 5.74) is -0.828. The van der Waals surface area contributed by atoms with Gasteiger partial charge in [-0.1, -0.05) is 6.07 Å². The van der Waals surface area contributed by atoms with Crippen molar-refractivity contribution in [3.8, 4) is 5.69 Å². The predicted molar refractivity (Wildman–Crippen MR) is 103 cm³/mol. The van der Waals surface area contributed by atoms with Gasteiger partial charge in [-0.05, 0) is 30.9 Å². The van der Waals surface area contributed by atoms with Crippen LogP contribution in [0.2, 0.25) is 0 Å². The number of hydrogen-bond acceptors (Lipinski definition) is 6. The van der Waals surface area contributed by atoms with E-state index in [-0.39, 0.29) is 35.2 Å². The number of halogens is 4. The summed E-state index contributed by atoms with van der Waals surface area (Å²) in [5, 5.41) is 11.0. The van der Waals surface area contributed by atoms with E-state index in [0.717, 1.165) is 0 Å². The molecule has 2 unspecified atom stereocenters. The van der Waals surface area contributed by atoms with E-state index in [1.165, 1.54) is 29.3 Å². The first-order valence-electron chi connectivity index (χ1n) is 9.93. The number of nitrogens with one attached hydrogen (secondary N) is 1. The Morgan fingerprint density at radius 2 is 1.81 bits per heavy atom. The Morgan fingerprint density at radius 3 is 2.47 bits per heavy atom. The van der Waals surface area contributed by atoms with Crippen molar-refractivity contribution in [1.82, 2.24) is 29.9 Å². The Hall–Kier alpha value is -3.57. The second-order valence-electron chi connectivity index (χ2n) is 7.86. The summed E-state index contributed by atoms with van der Waals surface area (Å²) in [5.74, 6) is -0.921. The Balaban J connectivity index is 1.37. The first kappa shape index (κ1) is 20.3. The second kappa shape index (κ2) is 7.53. The van der Waals surface area contributed by atoms with E-state index in [1.807, 2.05) is 0 Å². The van der Waals surface area contributed by atoms with Crippen LogP contribution in [-0.2, 0) is 6.18 Å². The number of piperidine rings is 1. The van der Waals surface area contributed by atoms with E-state index in [2.05, 4.69) is 25.5 Å². The van der Waals surface area contributed by atoms with Crippen molar-refractivity contribution < 1.29 is 22.4 Å². The molecule has 166 valence electrons.